The molecule has 1 unspecified atom stereocenters. The molecule has 1 aliphatic rings. The normalized spacial score (nSPS) is 16.7. The lowest BCUT2D eigenvalue weighted by molar-refractivity contribution is -0.139. The van der Waals surface area contributed by atoms with Gasteiger partial charge < -0.3 is 24.5 Å². The molecule has 0 radical (unpaired) electrons. The maximum absolute atomic E-state index is 13.7. The fraction of sp³-hybridized carbons (Fsp3) is 0.190. The molecule has 1 heterocycles. The Hall–Kier alpha value is -3.53. The van der Waals surface area contributed by atoms with Crippen LogP contribution in [0.15, 0.2) is 64.7 Å². The van der Waals surface area contributed by atoms with E-state index >= 15 is 0 Å². The number of para-hydroxylation sites is 1. The van der Waals surface area contributed by atoms with Crippen molar-refractivity contribution in [3.05, 3.63) is 76.1 Å². The van der Waals surface area contributed by atoms with Gasteiger partial charge >= 0.3 is 16.1 Å². The van der Waals surface area contributed by atoms with Crippen LogP contribution in [0, 0.1) is 5.82 Å². The van der Waals surface area contributed by atoms with Crippen molar-refractivity contribution in [1.29, 1.82) is 0 Å². The van der Waals surface area contributed by atoms with E-state index in [1.165, 1.54) is 32.2 Å². The average molecular weight is 449 g/mol. The van der Waals surface area contributed by atoms with Crippen molar-refractivity contribution in [3.63, 3.8) is 0 Å². The molecule has 8 nitrogen and oxygen atoms in total. The van der Waals surface area contributed by atoms with Crippen LogP contribution >= 0.6 is 0 Å². The fourth-order valence-electron chi connectivity index (χ4n) is 2.94. The van der Waals surface area contributed by atoms with Crippen LogP contribution in [-0.2, 0) is 19.6 Å². The highest BCUT2D eigenvalue weighted by molar-refractivity contribution is 7.91. The number of esters is 1. The monoisotopic (exact) mass is 449 g/mol. The molecule has 164 valence electrons. The lowest BCUT2D eigenvalue weighted by Crippen LogP contribution is -2.34. The van der Waals surface area contributed by atoms with Gasteiger partial charge in [-0.05, 0) is 36.8 Å². The number of aliphatic hydroxyl groups excluding tert-OH is 1. The highest BCUT2D eigenvalue weighted by Crippen LogP contribution is 2.40. The van der Waals surface area contributed by atoms with Gasteiger partial charge in [0.1, 0.15) is 23.1 Å². The zero-order chi connectivity index (χ0) is 22.8. The van der Waals surface area contributed by atoms with Crippen LogP contribution in [0.2, 0.25) is 0 Å². The summed E-state index contributed by atoms with van der Waals surface area (Å²) in [5.41, 5.74) is 6.01. The first-order chi connectivity index (χ1) is 14.6. The van der Waals surface area contributed by atoms with Crippen LogP contribution in [0.5, 0.6) is 11.5 Å². The van der Waals surface area contributed by atoms with Crippen LogP contribution in [0.25, 0.3) is 5.76 Å². The van der Waals surface area contributed by atoms with Crippen LogP contribution in [0.1, 0.15) is 18.9 Å². The number of hydrogen-bond donors (Lipinski definition) is 2. The van der Waals surface area contributed by atoms with Crippen LogP contribution in [0.4, 0.5) is 4.39 Å². The van der Waals surface area contributed by atoms with Gasteiger partial charge in [0.25, 0.3) is 0 Å². The third-order valence-electron chi connectivity index (χ3n) is 4.60. The summed E-state index contributed by atoms with van der Waals surface area (Å²) >= 11 is 0. The number of fused-ring (bicyclic) bond motifs is 1. The van der Waals surface area contributed by atoms with Crippen molar-refractivity contribution in [2.75, 3.05) is 7.11 Å². The minimum absolute atomic E-state index is 0.00983. The Labute approximate surface area is 178 Å². The van der Waals surface area contributed by atoms with Gasteiger partial charge in [-0.15, -0.1) is 0 Å². The molecule has 31 heavy (non-hydrogen) atoms. The van der Waals surface area contributed by atoms with E-state index in [0.717, 1.165) is 12.1 Å². The number of rotatable bonds is 6. The molecule has 0 bridgehead atoms. The Bertz CT molecular complexity index is 1170. The van der Waals surface area contributed by atoms with Gasteiger partial charge in [-0.25, -0.2) is 4.39 Å². The smallest absolute Gasteiger partial charge is 0.343 e. The van der Waals surface area contributed by atoms with Gasteiger partial charge in [0.2, 0.25) is 0 Å². The fourth-order valence-corrected chi connectivity index (χ4v) is 4.23. The number of carbonyl (C=O) groups excluding carboxylic acids is 1. The molecule has 0 aromatic heterocycles. The van der Waals surface area contributed by atoms with Crippen molar-refractivity contribution in [2.45, 2.75) is 19.4 Å². The third kappa shape index (κ3) is 4.64. The molecule has 0 spiro atoms. The number of halogens is 1. The van der Waals surface area contributed by atoms with Gasteiger partial charge in [-0.1, -0.05) is 18.2 Å². The Balaban J connectivity index is 2.16. The highest BCUT2D eigenvalue weighted by Gasteiger charge is 2.40. The van der Waals surface area contributed by atoms with Crippen molar-refractivity contribution in [2.24, 2.45) is 5.73 Å². The molecular formula is C21H20FNO7S. The van der Waals surface area contributed by atoms with E-state index in [4.69, 9.17) is 14.7 Å². The van der Waals surface area contributed by atoms with E-state index < -0.39 is 38.7 Å². The topological polar surface area (TPSA) is 125 Å². The van der Waals surface area contributed by atoms with Crippen LogP contribution < -0.4 is 14.7 Å². The van der Waals surface area contributed by atoms with Crippen LogP contribution in [0.3, 0.4) is 0 Å². The van der Waals surface area contributed by atoms with Crippen molar-refractivity contribution in [3.8, 4) is 11.5 Å². The van der Waals surface area contributed by atoms with Crippen molar-refractivity contribution >= 4 is 21.8 Å². The van der Waals surface area contributed by atoms with E-state index in [0.29, 0.717) is 0 Å². The van der Waals surface area contributed by atoms with Crippen molar-refractivity contribution < 1.29 is 36.4 Å². The number of nitrogens with two attached hydrogens (primary N) is 1. The van der Waals surface area contributed by atoms with Gasteiger partial charge in [0.05, 0.1) is 19.1 Å². The summed E-state index contributed by atoms with van der Waals surface area (Å²) in [6, 6.07) is 10.9. The lowest BCUT2D eigenvalue weighted by Gasteiger charge is -2.29. The van der Waals surface area contributed by atoms with Gasteiger partial charge in [-0.3, -0.25) is 4.79 Å². The first-order valence-electron chi connectivity index (χ1n) is 9.05. The van der Waals surface area contributed by atoms with E-state index in [2.05, 4.69) is 4.74 Å². The number of benzene rings is 2. The maximum atomic E-state index is 13.7. The number of aliphatic hydroxyl groups is 1. The molecule has 3 rings (SSSR count). The largest absolute Gasteiger partial charge is 0.506 e. The molecule has 3 N–H and O–H groups in total. The summed E-state index contributed by atoms with van der Waals surface area (Å²) in [5.74, 6) is -2.06. The molecule has 0 fully saturated rings. The van der Waals surface area contributed by atoms with E-state index in [1.54, 1.807) is 18.2 Å². The predicted octanol–water partition coefficient (Wildman–Crippen LogP) is 3.02. The maximum Gasteiger partial charge on any atom is 0.343 e. The molecule has 1 aliphatic heterocycles. The highest BCUT2D eigenvalue weighted by atomic mass is 32.2. The summed E-state index contributed by atoms with van der Waals surface area (Å²) in [7, 11) is -3.42. The molecule has 2 aromatic carbocycles. The SMILES string of the molecule is COC(=O)C/C(N)=C(/C)C1Oc2cc(F)ccc2C(O)=C1S(=O)(=O)Oc1ccccc1. The first kappa shape index (κ1) is 22.2. The number of methoxy groups -OCH3 is 1. The zero-order valence-corrected chi connectivity index (χ0v) is 17.5. The number of ether oxygens (including phenoxy) is 2. The van der Waals surface area contributed by atoms with E-state index in [1.807, 2.05) is 0 Å². The predicted molar refractivity (Wildman–Crippen MR) is 110 cm³/mol. The second-order valence-corrected chi connectivity index (χ2v) is 8.18. The number of carbonyl (C=O) groups is 1. The second-order valence-electron chi connectivity index (χ2n) is 6.66. The summed E-state index contributed by atoms with van der Waals surface area (Å²) in [6.07, 6.45) is -1.81. The van der Waals surface area contributed by atoms with Gasteiger partial charge in [0, 0.05) is 11.8 Å². The zero-order valence-electron chi connectivity index (χ0n) is 16.7. The summed E-state index contributed by atoms with van der Waals surface area (Å²) < 4.78 is 55.4. The Morgan fingerprint density at radius 2 is 1.90 bits per heavy atom. The van der Waals surface area contributed by atoms with Gasteiger partial charge in [-0.2, -0.15) is 8.42 Å². The lowest BCUT2D eigenvalue weighted by atomic mass is 10.0. The minimum atomic E-state index is -4.60. The molecule has 0 aliphatic carbocycles. The van der Waals surface area contributed by atoms with Crippen molar-refractivity contribution in [1.82, 2.24) is 0 Å². The van der Waals surface area contributed by atoms with Crippen LogP contribution in [-0.4, -0.2) is 32.7 Å². The molecule has 0 saturated heterocycles. The van der Waals surface area contributed by atoms with E-state index in [9.17, 15) is 22.7 Å². The minimum Gasteiger partial charge on any atom is -0.506 e. The quantitative estimate of drug-likeness (QED) is 0.509. The average Bonchev–Trinajstić information content (AvgIpc) is 2.72. The molecule has 1 atom stereocenters. The standard InChI is InChI=1S/C21H20FNO7S/c1-12(16(23)11-18(24)28-2)20-21(31(26,27)30-14-6-4-3-5-7-14)19(25)15-9-8-13(22)10-17(15)29-20/h3-10,20,25H,11,23H2,1-2H3/b16-12+. The summed E-state index contributed by atoms with van der Waals surface area (Å²) in [5, 5.41) is 10.8. The third-order valence-corrected chi connectivity index (χ3v) is 5.95. The molecule has 0 amide bonds. The summed E-state index contributed by atoms with van der Waals surface area (Å²) in [6.45, 7) is 1.43. The molecule has 10 heteroatoms. The molecular weight excluding hydrogens is 429 g/mol. The van der Waals surface area contributed by atoms with E-state index in [-0.39, 0.29) is 34.8 Å². The Kier molecular flexibility index (Phi) is 6.21. The Morgan fingerprint density at radius 1 is 1.23 bits per heavy atom. The van der Waals surface area contributed by atoms with Gasteiger partial charge in [0.15, 0.2) is 11.0 Å². The summed E-state index contributed by atoms with van der Waals surface area (Å²) in [4.78, 5) is 11.0. The Morgan fingerprint density at radius 3 is 2.55 bits per heavy atom. The number of hydrogen-bond acceptors (Lipinski definition) is 8. The first-order valence-corrected chi connectivity index (χ1v) is 10.5. The molecule has 2 aromatic rings. The molecule has 0 saturated carbocycles. The second kappa shape index (κ2) is 8.68.